The third-order valence-corrected chi connectivity index (χ3v) is 10.6. The lowest BCUT2D eigenvalue weighted by atomic mass is 9.68. The molecule has 1 atom stereocenters. The molecule has 3 aliphatic rings. The summed E-state index contributed by atoms with van der Waals surface area (Å²) in [7, 11) is 1.77. The van der Waals surface area contributed by atoms with E-state index in [0.29, 0.717) is 5.92 Å². The van der Waals surface area contributed by atoms with E-state index in [1.54, 1.807) is 18.4 Å². The van der Waals surface area contributed by atoms with Crippen molar-refractivity contribution in [2.75, 3.05) is 20.2 Å². The Morgan fingerprint density at radius 2 is 1.83 bits per heavy atom. The second-order valence-electron chi connectivity index (χ2n) is 13.4. The predicted molar refractivity (Wildman–Crippen MR) is 167 cm³/mol. The van der Waals surface area contributed by atoms with Crippen LogP contribution in [0.15, 0.2) is 23.2 Å². The third-order valence-electron chi connectivity index (χ3n) is 9.44. The molecule has 224 valence electrons. The van der Waals surface area contributed by atoms with Crippen LogP contribution in [0.5, 0.6) is 5.75 Å². The number of thiophene rings is 1. The van der Waals surface area contributed by atoms with E-state index in [2.05, 4.69) is 53.7 Å². The van der Waals surface area contributed by atoms with Crippen molar-refractivity contribution < 1.29 is 14.3 Å². The molecule has 1 aliphatic carbocycles. The van der Waals surface area contributed by atoms with Crippen LogP contribution in [-0.4, -0.2) is 57.3 Å². The summed E-state index contributed by atoms with van der Waals surface area (Å²) >= 11 is 1.78. The van der Waals surface area contributed by atoms with E-state index >= 15 is 0 Å². The molecule has 0 unspecified atom stereocenters. The van der Waals surface area contributed by atoms with Crippen molar-refractivity contribution in [3.63, 3.8) is 0 Å². The summed E-state index contributed by atoms with van der Waals surface area (Å²) in [5, 5.41) is 10.0. The van der Waals surface area contributed by atoms with Crippen molar-refractivity contribution in [2.45, 2.75) is 98.1 Å². The molecule has 8 nitrogen and oxygen atoms in total. The number of benzene rings is 1. The summed E-state index contributed by atoms with van der Waals surface area (Å²) in [5.41, 5.74) is 5.48. The van der Waals surface area contributed by atoms with Gasteiger partial charge in [-0.25, -0.2) is 4.79 Å². The normalized spacial score (nSPS) is 23.8. The molecule has 0 radical (unpaired) electrons. The van der Waals surface area contributed by atoms with Gasteiger partial charge in [-0.3, -0.25) is 9.56 Å². The second kappa shape index (κ2) is 10.5. The minimum atomic E-state index is -0.464. The molecule has 1 aromatic carbocycles. The van der Waals surface area contributed by atoms with E-state index in [4.69, 9.17) is 14.5 Å². The topological polar surface area (TPSA) is 81.8 Å². The zero-order valence-electron chi connectivity index (χ0n) is 26.2. The highest BCUT2D eigenvalue weighted by Gasteiger charge is 2.44. The maximum absolute atomic E-state index is 12.7. The molecule has 0 N–H and O–H groups in total. The molecular formula is C33H43N5O3S. The summed E-state index contributed by atoms with van der Waals surface area (Å²) < 4.78 is 13.9. The smallest absolute Gasteiger partial charge is 0.410 e. The van der Waals surface area contributed by atoms with Crippen molar-refractivity contribution in [3.05, 3.63) is 57.0 Å². The average molecular weight is 590 g/mol. The molecule has 2 fully saturated rings. The maximum atomic E-state index is 12.7. The molecule has 3 aromatic rings. The van der Waals surface area contributed by atoms with E-state index in [0.717, 1.165) is 84.4 Å². The molecule has 6 rings (SSSR count). The van der Waals surface area contributed by atoms with Crippen molar-refractivity contribution in [2.24, 2.45) is 10.4 Å². The van der Waals surface area contributed by atoms with Crippen molar-refractivity contribution >= 4 is 23.1 Å². The molecule has 2 aromatic heterocycles. The zero-order chi connectivity index (χ0) is 30.0. The van der Waals surface area contributed by atoms with Crippen LogP contribution in [0, 0.1) is 26.2 Å². The van der Waals surface area contributed by atoms with Crippen LogP contribution in [0.25, 0.3) is 5.00 Å². The molecule has 42 heavy (non-hydrogen) atoms. The zero-order valence-corrected chi connectivity index (χ0v) is 27.0. The Bertz CT molecular complexity index is 1550. The Morgan fingerprint density at radius 3 is 2.52 bits per heavy atom. The van der Waals surface area contributed by atoms with Gasteiger partial charge in [-0.1, -0.05) is 12.1 Å². The van der Waals surface area contributed by atoms with Gasteiger partial charge in [0.15, 0.2) is 5.82 Å². The number of aryl methyl sites for hydroxylation is 2. The van der Waals surface area contributed by atoms with E-state index in [-0.39, 0.29) is 17.6 Å². The quantitative estimate of drug-likeness (QED) is 0.317. The largest absolute Gasteiger partial charge is 0.496 e. The monoisotopic (exact) mass is 589 g/mol. The van der Waals surface area contributed by atoms with Gasteiger partial charge in [0.25, 0.3) is 0 Å². The maximum Gasteiger partial charge on any atom is 0.410 e. The van der Waals surface area contributed by atoms with Gasteiger partial charge >= 0.3 is 6.09 Å². The van der Waals surface area contributed by atoms with Crippen LogP contribution in [-0.2, 0) is 4.74 Å². The fourth-order valence-electron chi connectivity index (χ4n) is 7.04. The van der Waals surface area contributed by atoms with Crippen LogP contribution in [0.1, 0.15) is 111 Å². The molecule has 4 heterocycles. The lowest BCUT2D eigenvalue weighted by Crippen LogP contribution is -2.37. The minimum absolute atomic E-state index is 0.118. The Balaban J connectivity index is 1.24. The van der Waals surface area contributed by atoms with Gasteiger partial charge in [0.05, 0.1) is 12.8 Å². The number of likely N-dealkylation sites (tertiary alicyclic amines) is 1. The van der Waals surface area contributed by atoms with Gasteiger partial charge in [-0.15, -0.1) is 21.5 Å². The molecular weight excluding hydrogens is 546 g/mol. The number of rotatable bonds is 3. The lowest BCUT2D eigenvalue weighted by molar-refractivity contribution is 0.0260. The first kappa shape index (κ1) is 28.9. The van der Waals surface area contributed by atoms with Crippen LogP contribution < -0.4 is 4.74 Å². The molecule has 1 saturated carbocycles. The summed E-state index contributed by atoms with van der Waals surface area (Å²) in [6.07, 6.45) is 5.29. The van der Waals surface area contributed by atoms with Gasteiger partial charge in [0.2, 0.25) is 0 Å². The summed E-state index contributed by atoms with van der Waals surface area (Å²) in [5.74, 6) is 3.12. The molecule has 9 heteroatoms. The molecule has 1 spiro atoms. The van der Waals surface area contributed by atoms with Gasteiger partial charge in [0, 0.05) is 29.1 Å². The van der Waals surface area contributed by atoms with Crippen molar-refractivity contribution in [3.8, 4) is 10.8 Å². The first-order valence-corrected chi connectivity index (χ1v) is 16.0. The average Bonchev–Trinajstić information content (AvgIpc) is 3.60. The first-order valence-electron chi connectivity index (χ1n) is 15.2. The van der Waals surface area contributed by atoms with E-state index in [1.807, 2.05) is 32.6 Å². The number of methoxy groups -OCH3 is 1. The standard InChI is InChI=1S/C33H43N5O3S/c1-19-21(3)42-30-27(19)28(34-20(2)29-36-35-22(4)38(29)30)24-9-10-25(26(17-24)40-8)23-11-13-33(14-12-23)15-16-37(18-33)31(39)41-32(5,6)7/h9-10,17,20,23H,11-16,18H2,1-8H3/t20-,23?,33?/m0/s1. The number of aliphatic imine (C=N–C) groups is 1. The summed E-state index contributed by atoms with van der Waals surface area (Å²) in [6, 6.07) is 6.55. The first-order chi connectivity index (χ1) is 19.9. The van der Waals surface area contributed by atoms with Crippen LogP contribution in [0.3, 0.4) is 0 Å². The lowest BCUT2D eigenvalue weighted by Gasteiger charge is -2.37. The number of aromatic nitrogens is 3. The summed E-state index contributed by atoms with van der Waals surface area (Å²) in [6.45, 7) is 15.8. The third kappa shape index (κ3) is 5.03. The fraction of sp³-hybridized carbons (Fsp3) is 0.576. The number of hydrogen-bond donors (Lipinski definition) is 0. The minimum Gasteiger partial charge on any atom is -0.496 e. The van der Waals surface area contributed by atoms with E-state index in [9.17, 15) is 4.79 Å². The molecule has 0 bridgehead atoms. The molecule has 2 aliphatic heterocycles. The van der Waals surface area contributed by atoms with Crippen molar-refractivity contribution in [1.82, 2.24) is 19.7 Å². The van der Waals surface area contributed by atoms with Gasteiger partial charge < -0.3 is 14.4 Å². The SMILES string of the molecule is COc1cc(C2=N[C@@H](C)c3nnc(C)n3-c3sc(C)c(C)c32)ccc1C1CCC2(CC1)CCN(C(=O)OC(C)(C)C)C2. The number of ether oxygens (including phenoxy) is 2. The Labute approximate surface area is 253 Å². The second-order valence-corrected chi connectivity index (χ2v) is 14.6. The van der Waals surface area contributed by atoms with Crippen LogP contribution >= 0.6 is 11.3 Å². The highest BCUT2D eigenvalue weighted by molar-refractivity contribution is 7.15. The number of carbonyl (C=O) groups is 1. The molecule has 1 saturated heterocycles. The van der Waals surface area contributed by atoms with Crippen LogP contribution in [0.2, 0.25) is 0 Å². The van der Waals surface area contributed by atoms with Gasteiger partial charge in [-0.05, 0) is 109 Å². The predicted octanol–water partition coefficient (Wildman–Crippen LogP) is 7.46. The van der Waals surface area contributed by atoms with Crippen molar-refractivity contribution in [1.29, 1.82) is 0 Å². The highest BCUT2D eigenvalue weighted by atomic mass is 32.1. The summed E-state index contributed by atoms with van der Waals surface area (Å²) in [4.78, 5) is 21.1. The fourth-order valence-corrected chi connectivity index (χ4v) is 8.26. The van der Waals surface area contributed by atoms with E-state index in [1.165, 1.54) is 16.0 Å². The van der Waals surface area contributed by atoms with Gasteiger partial charge in [0.1, 0.15) is 28.2 Å². The number of carbonyl (C=O) groups excluding carboxylic acids is 1. The van der Waals surface area contributed by atoms with Gasteiger partial charge in [-0.2, -0.15) is 0 Å². The van der Waals surface area contributed by atoms with Crippen LogP contribution in [0.4, 0.5) is 4.79 Å². The number of fused-ring (bicyclic) bond motifs is 3. The number of hydrogen-bond acceptors (Lipinski definition) is 7. The highest BCUT2D eigenvalue weighted by Crippen LogP contribution is 2.50. The Hall–Kier alpha value is -3.20. The number of amides is 1. The molecule has 1 amide bonds. The Morgan fingerprint density at radius 1 is 1.10 bits per heavy atom. The Kier molecular flexibility index (Phi) is 7.23. The van der Waals surface area contributed by atoms with E-state index < -0.39 is 5.60 Å². The number of nitrogens with zero attached hydrogens (tertiary/aromatic N) is 5.